The van der Waals surface area contributed by atoms with Gasteiger partial charge in [-0.25, -0.2) is 0 Å². The Labute approximate surface area is 192 Å². The van der Waals surface area contributed by atoms with Crippen LogP contribution in [0.1, 0.15) is 47.2 Å². The van der Waals surface area contributed by atoms with Crippen LogP contribution in [0.3, 0.4) is 0 Å². The first kappa shape index (κ1) is 25.3. The normalized spacial score (nSPS) is 11.0. The Hall–Kier alpha value is -2.97. The van der Waals surface area contributed by atoms with E-state index in [1.54, 1.807) is 0 Å². The van der Waals surface area contributed by atoms with Crippen molar-refractivity contribution in [3.8, 4) is 0 Å². The zero-order valence-electron chi connectivity index (χ0n) is 19.3. The second kappa shape index (κ2) is 11.6. The molecule has 5 heteroatoms. The Morgan fingerprint density at radius 3 is 1.44 bits per heavy atom. The third kappa shape index (κ3) is 7.32. The molecule has 0 saturated heterocycles. The molecule has 0 spiro atoms. The summed E-state index contributed by atoms with van der Waals surface area (Å²) in [5, 5.41) is 7.00. The first-order valence-corrected chi connectivity index (χ1v) is 11.4. The molecule has 0 heterocycles. The smallest absolute Gasteiger partial charge is 0.305 e. The average molecular weight is 451 g/mol. The highest BCUT2D eigenvalue weighted by molar-refractivity contribution is 7.35. The van der Waals surface area contributed by atoms with Crippen molar-refractivity contribution in [1.82, 2.24) is 0 Å². The Kier molecular flexibility index (Phi) is 9.16. The van der Waals surface area contributed by atoms with Crippen LogP contribution in [0.15, 0.2) is 72.8 Å². The van der Waals surface area contributed by atoms with Gasteiger partial charge < -0.3 is 9.63 Å². The van der Waals surface area contributed by atoms with Crippen LogP contribution in [0.5, 0.6) is 0 Å². The molecule has 0 aliphatic rings. The molecule has 0 radical (unpaired) electrons. The lowest BCUT2D eigenvalue weighted by Gasteiger charge is -2.34. The van der Waals surface area contributed by atoms with E-state index in [4.69, 9.17) is 14.4 Å². The van der Waals surface area contributed by atoms with Crippen molar-refractivity contribution in [3.05, 3.63) is 106 Å². The summed E-state index contributed by atoms with van der Waals surface area (Å²) in [6.07, 6.45) is 0.769. The molecule has 0 aromatic heterocycles. The first-order valence-electron chi connectivity index (χ1n) is 10.5. The lowest BCUT2D eigenvalue weighted by molar-refractivity contribution is -0.134. The number of aliphatic carboxylic acids is 1. The Bertz CT molecular complexity index is 973. The summed E-state index contributed by atoms with van der Waals surface area (Å²) in [5.41, 5.74) is 7.23. The van der Waals surface area contributed by atoms with Gasteiger partial charge in [0.25, 0.3) is 5.97 Å². The fourth-order valence-electron chi connectivity index (χ4n) is 3.37. The molecule has 3 aromatic rings. The summed E-state index contributed by atoms with van der Waals surface area (Å²) < 4.78 is 5.66. The van der Waals surface area contributed by atoms with Crippen LogP contribution in [-0.4, -0.2) is 17.0 Å². The highest BCUT2D eigenvalue weighted by Crippen LogP contribution is 2.50. The van der Waals surface area contributed by atoms with Crippen LogP contribution in [-0.2, 0) is 25.7 Å². The molecule has 0 fully saturated rings. The number of hydrogen-bond acceptors (Lipinski definition) is 3. The zero-order chi connectivity index (χ0) is 23.7. The fraction of sp³-hybridized carbons (Fsp3) is 0.259. The lowest BCUT2D eigenvalue weighted by atomic mass is 9.84. The Morgan fingerprint density at radius 1 is 0.750 bits per heavy atom. The van der Waals surface area contributed by atoms with E-state index in [2.05, 4.69) is 93.6 Å². The average Bonchev–Trinajstić information content (AvgIpc) is 2.73. The molecule has 0 saturated carbocycles. The van der Waals surface area contributed by atoms with Crippen molar-refractivity contribution in [3.63, 3.8) is 0 Å². The maximum absolute atomic E-state index is 11.7. The summed E-state index contributed by atoms with van der Waals surface area (Å²) in [6.45, 7) is 8.84. The number of hydrogen-bond donors (Lipinski definition) is 1. The summed E-state index contributed by atoms with van der Waals surface area (Å²) >= 11 is 0. The molecule has 1 N–H and O–H groups in total. The minimum absolute atomic E-state index is 0.00434. The summed E-state index contributed by atoms with van der Waals surface area (Å²) in [7, 11) is -0.00434. The van der Waals surface area contributed by atoms with E-state index in [0.717, 1.165) is 13.3 Å². The molecular formula is C27H31O4P. The van der Waals surface area contributed by atoms with Gasteiger partial charge in [-0.05, 0) is 43.9 Å². The van der Waals surface area contributed by atoms with E-state index in [-0.39, 0.29) is 14.8 Å². The Balaban J connectivity index is 0.000000837. The van der Waals surface area contributed by atoms with E-state index < -0.39 is 11.1 Å². The molecule has 3 rings (SSSR count). The van der Waals surface area contributed by atoms with Crippen LogP contribution in [0, 0.1) is 20.8 Å². The minimum atomic E-state index is -0.833. The number of carbonyl (C=O) groups is 2. The van der Waals surface area contributed by atoms with Gasteiger partial charge in [0.1, 0.15) is 0 Å². The number of carboxylic acids is 1. The van der Waals surface area contributed by atoms with Crippen molar-refractivity contribution in [1.29, 1.82) is 0 Å². The monoisotopic (exact) mass is 450 g/mol. The largest absolute Gasteiger partial charge is 0.481 e. The number of carboxylic acid groups (broad SMARTS) is 1. The third-order valence-corrected chi connectivity index (χ3v) is 6.54. The van der Waals surface area contributed by atoms with Gasteiger partial charge in [-0.1, -0.05) is 89.5 Å². The molecule has 32 heavy (non-hydrogen) atoms. The van der Waals surface area contributed by atoms with Crippen LogP contribution < -0.4 is 0 Å². The maximum Gasteiger partial charge on any atom is 0.305 e. The van der Waals surface area contributed by atoms with Gasteiger partial charge in [-0.3, -0.25) is 9.59 Å². The highest BCUT2D eigenvalue weighted by atomic mass is 31.1. The van der Waals surface area contributed by atoms with Crippen molar-refractivity contribution in [2.24, 2.45) is 0 Å². The van der Waals surface area contributed by atoms with Crippen molar-refractivity contribution in [2.45, 2.75) is 46.2 Å². The molecule has 168 valence electrons. The summed E-state index contributed by atoms with van der Waals surface area (Å²) in [4.78, 5) is 20.7. The highest BCUT2D eigenvalue weighted by Gasteiger charge is 2.36. The van der Waals surface area contributed by atoms with Gasteiger partial charge in [-0.15, -0.1) is 0 Å². The molecule has 0 bridgehead atoms. The number of aryl methyl sites for hydroxylation is 3. The molecule has 0 aliphatic heterocycles. The summed E-state index contributed by atoms with van der Waals surface area (Å²) in [5.74, 6) is -1.08. The van der Waals surface area contributed by atoms with Crippen LogP contribution in [0.2, 0.25) is 0 Å². The molecule has 0 aliphatic carbocycles. The third-order valence-electron chi connectivity index (χ3n) is 5.05. The second-order valence-electron chi connectivity index (χ2n) is 8.01. The SMILES string of the molecule is CC(=O)O.CC(=O)OPC(Cc1ccc(C)cc1)(c1ccc(C)cc1)c1ccc(C)cc1. The van der Waals surface area contributed by atoms with Gasteiger partial charge in [-0.2, -0.15) is 0 Å². The number of carbonyl (C=O) groups excluding carboxylic acids is 1. The number of benzene rings is 3. The summed E-state index contributed by atoms with van der Waals surface area (Å²) in [6, 6.07) is 25.8. The van der Waals surface area contributed by atoms with E-state index >= 15 is 0 Å². The van der Waals surface area contributed by atoms with Crippen LogP contribution in [0.4, 0.5) is 0 Å². The standard InChI is InChI=1S/C25H27O2P.C2H4O2/c1-18-5-11-22(12-6-18)17-25(28-27-21(4)26,23-13-7-19(2)8-14-23)24-15-9-20(3)10-16-24;1-2(3)4/h5-16,28H,17H2,1-4H3;1H3,(H,3,4). The van der Waals surface area contributed by atoms with Crippen molar-refractivity contribution >= 4 is 20.7 Å². The molecule has 3 aromatic carbocycles. The first-order chi connectivity index (χ1) is 15.1. The van der Waals surface area contributed by atoms with Gasteiger partial charge >= 0.3 is 5.97 Å². The van der Waals surface area contributed by atoms with E-state index in [1.165, 1.54) is 40.3 Å². The second-order valence-corrected chi connectivity index (χ2v) is 9.28. The predicted octanol–water partition coefficient (Wildman–Crippen LogP) is 6.35. The molecule has 4 nitrogen and oxygen atoms in total. The number of rotatable bonds is 6. The molecule has 0 amide bonds. The lowest BCUT2D eigenvalue weighted by Crippen LogP contribution is -2.26. The molecule has 1 atom stereocenters. The quantitative estimate of drug-likeness (QED) is 0.445. The topological polar surface area (TPSA) is 63.6 Å². The predicted molar refractivity (Wildman–Crippen MR) is 131 cm³/mol. The minimum Gasteiger partial charge on any atom is -0.481 e. The Morgan fingerprint density at radius 2 is 1.09 bits per heavy atom. The van der Waals surface area contributed by atoms with E-state index in [1.807, 2.05) is 0 Å². The zero-order valence-corrected chi connectivity index (χ0v) is 20.3. The van der Waals surface area contributed by atoms with Crippen molar-refractivity contribution in [2.75, 3.05) is 0 Å². The van der Waals surface area contributed by atoms with Crippen molar-refractivity contribution < 1.29 is 19.2 Å². The fourth-order valence-corrected chi connectivity index (χ4v) is 4.54. The van der Waals surface area contributed by atoms with Crippen LogP contribution in [0.25, 0.3) is 0 Å². The molecular weight excluding hydrogens is 419 g/mol. The van der Waals surface area contributed by atoms with Gasteiger partial charge in [0, 0.05) is 13.8 Å². The van der Waals surface area contributed by atoms with Gasteiger partial charge in [0.2, 0.25) is 0 Å². The van der Waals surface area contributed by atoms with Gasteiger partial charge in [0.05, 0.1) is 14.0 Å². The van der Waals surface area contributed by atoms with E-state index in [0.29, 0.717) is 0 Å². The molecule has 1 unspecified atom stereocenters. The van der Waals surface area contributed by atoms with Gasteiger partial charge in [0.15, 0.2) is 0 Å². The van der Waals surface area contributed by atoms with E-state index in [9.17, 15) is 4.79 Å². The van der Waals surface area contributed by atoms with Crippen LogP contribution >= 0.6 is 8.81 Å². The maximum atomic E-state index is 11.7.